The summed E-state index contributed by atoms with van der Waals surface area (Å²) in [5.74, 6) is -0.484. The number of hydrogen-bond donors (Lipinski definition) is 1. The third-order valence-corrected chi connectivity index (χ3v) is 6.83. The average Bonchev–Trinajstić information content (AvgIpc) is 3.19. The molecule has 0 radical (unpaired) electrons. The van der Waals surface area contributed by atoms with Gasteiger partial charge in [-0.25, -0.2) is 4.98 Å². The molecule has 0 fully saturated rings. The predicted molar refractivity (Wildman–Crippen MR) is 141 cm³/mol. The van der Waals surface area contributed by atoms with Crippen molar-refractivity contribution in [2.75, 3.05) is 26.0 Å². The van der Waals surface area contributed by atoms with Gasteiger partial charge in [0, 0.05) is 19.7 Å². The van der Waals surface area contributed by atoms with Gasteiger partial charge in [0.05, 0.1) is 11.1 Å². The molecule has 0 bridgehead atoms. The van der Waals surface area contributed by atoms with Gasteiger partial charge in [-0.3, -0.25) is 19.7 Å². The zero-order valence-electron chi connectivity index (χ0n) is 21.0. The number of nitrogens with one attached hydrogen (secondary N) is 1. The van der Waals surface area contributed by atoms with Gasteiger partial charge in [-0.1, -0.05) is 41.2 Å². The van der Waals surface area contributed by atoms with Gasteiger partial charge in [-0.15, -0.1) is 0 Å². The highest BCUT2D eigenvalue weighted by molar-refractivity contribution is 7.17. The number of benzene rings is 2. The number of thiazole rings is 1. The second-order valence-corrected chi connectivity index (χ2v) is 9.86. The zero-order chi connectivity index (χ0) is 26.1. The maximum Gasteiger partial charge on any atom is 0.265 e. The summed E-state index contributed by atoms with van der Waals surface area (Å²) in [6.45, 7) is 7.10. The molecule has 9 heteroatoms. The molecule has 0 atom stereocenters. The van der Waals surface area contributed by atoms with Crippen molar-refractivity contribution in [2.24, 2.45) is 0 Å². The first-order valence-corrected chi connectivity index (χ1v) is 12.1. The Morgan fingerprint density at radius 3 is 2.39 bits per heavy atom. The molecule has 0 aliphatic rings. The van der Waals surface area contributed by atoms with Gasteiger partial charge in [-0.05, 0) is 51.0 Å². The highest BCUT2D eigenvalue weighted by Gasteiger charge is 2.21. The number of carbonyl (C=O) groups is 2. The first-order valence-electron chi connectivity index (χ1n) is 11.3. The summed E-state index contributed by atoms with van der Waals surface area (Å²) in [5, 5.41) is 3.31. The van der Waals surface area contributed by atoms with Gasteiger partial charge < -0.3 is 14.1 Å². The molecule has 4 aromatic rings. The SMILES string of the molecule is Cc1ccc(-c2oc3cc(C)c(C)cc3c(=O)c2OCC(=O)Nc2nc(C)c(C(=O)N(C)C)s2)cc1. The minimum Gasteiger partial charge on any atom is -0.476 e. The van der Waals surface area contributed by atoms with Gasteiger partial charge in [0.1, 0.15) is 10.5 Å². The lowest BCUT2D eigenvalue weighted by Gasteiger charge is -2.12. The number of nitrogens with zero attached hydrogens (tertiary/aromatic N) is 2. The number of fused-ring (bicyclic) bond motifs is 1. The van der Waals surface area contributed by atoms with Crippen molar-refractivity contribution in [2.45, 2.75) is 27.7 Å². The lowest BCUT2D eigenvalue weighted by atomic mass is 10.0. The van der Waals surface area contributed by atoms with Crippen molar-refractivity contribution in [1.82, 2.24) is 9.88 Å². The van der Waals surface area contributed by atoms with Crippen molar-refractivity contribution in [1.29, 1.82) is 0 Å². The van der Waals surface area contributed by atoms with Crippen molar-refractivity contribution in [3.05, 3.63) is 73.9 Å². The van der Waals surface area contributed by atoms with E-state index in [1.54, 1.807) is 27.1 Å². The lowest BCUT2D eigenvalue weighted by Crippen LogP contribution is -2.22. The standard InChI is InChI=1S/C27H27N3O5S/c1-14-7-9-18(10-8-14)23-24(22(32)19-11-15(2)16(3)12-20(19)35-23)34-13-21(31)29-27-28-17(4)25(36-27)26(33)30(5)6/h7-12H,13H2,1-6H3,(H,28,29,31). The Labute approximate surface area is 212 Å². The van der Waals surface area contributed by atoms with Crippen LogP contribution >= 0.6 is 11.3 Å². The number of aryl methyl sites for hydroxylation is 4. The second kappa shape index (κ2) is 9.94. The highest BCUT2D eigenvalue weighted by atomic mass is 32.1. The number of hydrogen-bond acceptors (Lipinski definition) is 7. The average molecular weight is 506 g/mol. The van der Waals surface area contributed by atoms with Gasteiger partial charge in [0.15, 0.2) is 17.5 Å². The van der Waals surface area contributed by atoms with E-state index in [9.17, 15) is 14.4 Å². The second-order valence-electron chi connectivity index (χ2n) is 8.86. The summed E-state index contributed by atoms with van der Waals surface area (Å²) in [5.41, 5.74) is 4.29. The van der Waals surface area contributed by atoms with E-state index in [0.29, 0.717) is 27.1 Å². The van der Waals surface area contributed by atoms with Crippen LogP contribution in [0.15, 0.2) is 45.6 Å². The molecule has 8 nitrogen and oxygen atoms in total. The van der Waals surface area contributed by atoms with Gasteiger partial charge in [-0.2, -0.15) is 0 Å². The molecule has 2 aromatic heterocycles. The Hall–Kier alpha value is -3.98. The number of amides is 2. The van der Waals surface area contributed by atoms with Gasteiger partial charge >= 0.3 is 0 Å². The fourth-order valence-electron chi connectivity index (χ4n) is 3.60. The Morgan fingerprint density at radius 1 is 1.06 bits per heavy atom. The number of ether oxygens (including phenoxy) is 1. The summed E-state index contributed by atoms with van der Waals surface area (Å²) in [6, 6.07) is 11.1. The third kappa shape index (κ3) is 5.01. The molecule has 4 rings (SSSR count). The van der Waals surface area contributed by atoms with E-state index in [2.05, 4.69) is 10.3 Å². The van der Waals surface area contributed by atoms with Crippen molar-refractivity contribution >= 4 is 39.3 Å². The van der Waals surface area contributed by atoms with Crippen molar-refractivity contribution in [3.63, 3.8) is 0 Å². The molecule has 0 aliphatic heterocycles. The molecule has 0 aliphatic carbocycles. The molecule has 1 N–H and O–H groups in total. The molecule has 0 unspecified atom stereocenters. The summed E-state index contributed by atoms with van der Waals surface area (Å²) in [4.78, 5) is 44.5. The Bertz CT molecular complexity index is 1530. The minimum absolute atomic E-state index is 0.0384. The van der Waals surface area contributed by atoms with Crippen LogP contribution in [-0.2, 0) is 4.79 Å². The van der Waals surface area contributed by atoms with Crippen LogP contribution in [0.3, 0.4) is 0 Å². The first kappa shape index (κ1) is 25.1. The molecule has 0 saturated carbocycles. The van der Waals surface area contributed by atoms with Crippen LogP contribution in [0.2, 0.25) is 0 Å². The van der Waals surface area contributed by atoms with Crippen LogP contribution in [0.25, 0.3) is 22.3 Å². The van der Waals surface area contributed by atoms with Crippen LogP contribution in [0.5, 0.6) is 5.75 Å². The Morgan fingerprint density at radius 2 is 1.72 bits per heavy atom. The molecule has 36 heavy (non-hydrogen) atoms. The lowest BCUT2D eigenvalue weighted by molar-refractivity contribution is -0.118. The van der Waals surface area contributed by atoms with E-state index >= 15 is 0 Å². The topological polar surface area (TPSA) is 102 Å². The normalized spacial score (nSPS) is 10.9. The van der Waals surface area contributed by atoms with E-state index in [0.717, 1.165) is 28.0 Å². The van der Waals surface area contributed by atoms with Gasteiger partial charge in [0.2, 0.25) is 11.2 Å². The third-order valence-electron chi connectivity index (χ3n) is 5.77. The molecular weight excluding hydrogens is 478 g/mol. The van der Waals surface area contributed by atoms with E-state index in [1.807, 2.05) is 51.1 Å². The number of carbonyl (C=O) groups excluding carboxylic acids is 2. The quantitative estimate of drug-likeness (QED) is 0.401. The van der Waals surface area contributed by atoms with Crippen LogP contribution in [0, 0.1) is 27.7 Å². The van der Waals surface area contributed by atoms with Crippen LogP contribution < -0.4 is 15.5 Å². The van der Waals surface area contributed by atoms with E-state index in [-0.39, 0.29) is 28.0 Å². The number of rotatable bonds is 6. The number of anilines is 1. The zero-order valence-corrected chi connectivity index (χ0v) is 21.8. The summed E-state index contributed by atoms with van der Waals surface area (Å²) < 4.78 is 11.9. The first-order chi connectivity index (χ1) is 17.0. The summed E-state index contributed by atoms with van der Waals surface area (Å²) >= 11 is 1.09. The Kier molecular flexibility index (Phi) is 6.94. The molecule has 0 saturated heterocycles. The molecular formula is C27H27N3O5S. The molecule has 186 valence electrons. The van der Waals surface area contributed by atoms with E-state index < -0.39 is 12.5 Å². The maximum absolute atomic E-state index is 13.4. The fraction of sp³-hybridized carbons (Fsp3) is 0.259. The van der Waals surface area contributed by atoms with E-state index in [4.69, 9.17) is 9.15 Å². The summed E-state index contributed by atoms with van der Waals surface area (Å²) in [6.07, 6.45) is 0. The van der Waals surface area contributed by atoms with Crippen molar-refractivity contribution in [3.8, 4) is 17.1 Å². The van der Waals surface area contributed by atoms with E-state index in [1.165, 1.54) is 4.90 Å². The molecule has 2 amide bonds. The van der Waals surface area contributed by atoms with Gasteiger partial charge in [0.25, 0.3) is 11.8 Å². The van der Waals surface area contributed by atoms with Crippen molar-refractivity contribution < 1.29 is 18.7 Å². The predicted octanol–water partition coefficient (Wildman–Crippen LogP) is 4.87. The largest absolute Gasteiger partial charge is 0.476 e. The van der Waals surface area contributed by atoms with Crippen LogP contribution in [-0.4, -0.2) is 42.4 Å². The molecule has 2 aromatic carbocycles. The van der Waals surface area contributed by atoms with Crippen LogP contribution in [0.1, 0.15) is 32.1 Å². The van der Waals surface area contributed by atoms with Crippen LogP contribution in [0.4, 0.5) is 5.13 Å². The summed E-state index contributed by atoms with van der Waals surface area (Å²) in [7, 11) is 3.30. The highest BCUT2D eigenvalue weighted by Crippen LogP contribution is 2.32. The maximum atomic E-state index is 13.4. The monoisotopic (exact) mass is 505 g/mol. The molecule has 2 heterocycles. The number of aromatic nitrogens is 1. The molecule has 0 spiro atoms. The minimum atomic E-state index is -0.512. The smallest absolute Gasteiger partial charge is 0.265 e. The Balaban J connectivity index is 1.65. The fourth-order valence-corrected chi connectivity index (χ4v) is 4.61.